The topological polar surface area (TPSA) is 57.2 Å². The number of fused-ring (bicyclic) bond motifs is 1. The van der Waals surface area contributed by atoms with E-state index in [4.69, 9.17) is 0 Å². The van der Waals surface area contributed by atoms with Crippen molar-refractivity contribution in [3.05, 3.63) is 63.4 Å². The zero-order valence-electron chi connectivity index (χ0n) is 9.46. The Morgan fingerprint density at radius 1 is 1.28 bits per heavy atom. The molecule has 2 N–H and O–H groups in total. The Bertz CT molecular complexity index is 747. The number of nitrogens with one attached hydrogen (secondary N) is 1. The van der Waals surface area contributed by atoms with Crippen molar-refractivity contribution < 1.29 is 9.51 Å². The summed E-state index contributed by atoms with van der Waals surface area (Å²) in [5, 5.41) is 11.9. The van der Waals surface area contributed by atoms with E-state index in [9.17, 15) is 9.90 Å². The quantitative estimate of drug-likeness (QED) is 0.685. The van der Waals surface area contributed by atoms with Gasteiger partial charge >= 0.3 is 10.5 Å². The molecule has 0 saturated heterocycles. The number of nitrogens with zero attached hydrogens (tertiary/aromatic N) is 1. The van der Waals surface area contributed by atoms with Crippen LogP contribution in [0.2, 0.25) is 0 Å². The molecule has 2 aromatic heterocycles. The minimum atomic E-state index is -0.237. The van der Waals surface area contributed by atoms with Gasteiger partial charge in [-0.05, 0) is 5.56 Å². The van der Waals surface area contributed by atoms with Gasteiger partial charge in [0, 0.05) is 11.8 Å². The number of thiazole rings is 1. The van der Waals surface area contributed by atoms with Crippen LogP contribution in [0.5, 0.6) is 5.88 Å². The van der Waals surface area contributed by atoms with E-state index < -0.39 is 0 Å². The van der Waals surface area contributed by atoms with Crippen molar-refractivity contribution in [2.24, 2.45) is 0 Å². The van der Waals surface area contributed by atoms with Gasteiger partial charge in [-0.1, -0.05) is 41.7 Å². The molecule has 0 fully saturated rings. The summed E-state index contributed by atoms with van der Waals surface area (Å²) in [6.45, 7) is 0. The Morgan fingerprint density at radius 2 is 2.06 bits per heavy atom. The highest BCUT2D eigenvalue weighted by Gasteiger charge is 2.19. The van der Waals surface area contributed by atoms with Gasteiger partial charge < -0.3 is 5.11 Å². The van der Waals surface area contributed by atoms with Gasteiger partial charge in [0.25, 0.3) is 5.88 Å². The van der Waals surface area contributed by atoms with Gasteiger partial charge in [-0.15, -0.1) is 0 Å². The summed E-state index contributed by atoms with van der Waals surface area (Å²) in [4.78, 5) is 15.3. The number of aromatic hydroxyl groups is 1. The number of rotatable bonds is 2. The van der Waals surface area contributed by atoms with E-state index in [1.165, 1.54) is 11.3 Å². The van der Waals surface area contributed by atoms with Gasteiger partial charge in [-0.25, -0.2) is 4.79 Å². The molecule has 18 heavy (non-hydrogen) atoms. The molecule has 5 heteroatoms. The zero-order chi connectivity index (χ0) is 12.5. The molecule has 0 unspecified atom stereocenters. The minimum absolute atomic E-state index is 0.0128. The highest BCUT2D eigenvalue weighted by molar-refractivity contribution is 7.14. The van der Waals surface area contributed by atoms with Gasteiger partial charge in [0.15, 0.2) is 0 Å². The molecule has 0 atom stereocenters. The molecule has 0 bridgehead atoms. The van der Waals surface area contributed by atoms with Crippen LogP contribution in [0, 0.1) is 0 Å². The van der Waals surface area contributed by atoms with Gasteiger partial charge in [0.05, 0.1) is 0 Å². The van der Waals surface area contributed by atoms with E-state index in [1.54, 1.807) is 10.6 Å². The van der Waals surface area contributed by atoms with Crippen molar-refractivity contribution in [2.75, 3.05) is 0 Å². The molecule has 0 saturated carbocycles. The number of H-pyrrole nitrogens is 1. The predicted octanol–water partition coefficient (Wildman–Crippen LogP) is 1.47. The smallest absolute Gasteiger partial charge is 0.349 e. The maximum absolute atomic E-state index is 11.9. The van der Waals surface area contributed by atoms with Crippen molar-refractivity contribution in [3.63, 3.8) is 0 Å². The number of hydrogen-bond acceptors (Lipinski definition) is 3. The summed E-state index contributed by atoms with van der Waals surface area (Å²) < 4.78 is 1.59. The molecule has 90 valence electrons. The minimum Gasteiger partial charge on any atom is -0.477 e. The largest absolute Gasteiger partial charge is 0.477 e. The highest BCUT2D eigenvalue weighted by Crippen LogP contribution is 2.14. The Balaban J connectivity index is 2.14. The average molecular weight is 259 g/mol. The van der Waals surface area contributed by atoms with Gasteiger partial charge in [0.1, 0.15) is 11.8 Å². The third-order valence-corrected chi connectivity index (χ3v) is 3.60. The van der Waals surface area contributed by atoms with Crippen LogP contribution in [0.15, 0.2) is 46.7 Å². The van der Waals surface area contributed by atoms with Crippen LogP contribution >= 0.6 is 11.3 Å². The van der Waals surface area contributed by atoms with E-state index in [0.717, 1.165) is 5.56 Å². The SMILES string of the molecule is O=c1[nH]c2scc[n+]2c(O)c1Cc1ccccc1. The molecule has 0 aliphatic heterocycles. The lowest BCUT2D eigenvalue weighted by atomic mass is 10.1. The maximum atomic E-state index is 11.9. The lowest BCUT2D eigenvalue weighted by Crippen LogP contribution is -2.28. The second-order valence-electron chi connectivity index (χ2n) is 4.00. The first-order valence-corrected chi connectivity index (χ1v) is 6.40. The standard InChI is InChI=1S/C13H10N2O2S/c16-11-10(8-9-4-2-1-3-5-9)12(17)15-6-7-18-13(15)14-11/h1-7H,8H2,(H,16,17)/p+1. The molecule has 0 radical (unpaired) electrons. The van der Waals surface area contributed by atoms with E-state index in [2.05, 4.69) is 4.98 Å². The van der Waals surface area contributed by atoms with Crippen LogP contribution in [0.3, 0.4) is 0 Å². The Hall–Kier alpha value is -2.14. The molecule has 0 amide bonds. The fourth-order valence-electron chi connectivity index (χ4n) is 1.92. The monoisotopic (exact) mass is 259 g/mol. The van der Waals surface area contributed by atoms with Crippen molar-refractivity contribution in [1.29, 1.82) is 0 Å². The van der Waals surface area contributed by atoms with Crippen LogP contribution in [0.25, 0.3) is 4.96 Å². The first-order valence-electron chi connectivity index (χ1n) is 5.52. The normalized spacial score (nSPS) is 10.9. The number of benzene rings is 1. The molecule has 1 aromatic carbocycles. The van der Waals surface area contributed by atoms with Crippen LogP contribution in [-0.4, -0.2) is 10.1 Å². The third kappa shape index (κ3) is 1.78. The highest BCUT2D eigenvalue weighted by atomic mass is 32.1. The first kappa shape index (κ1) is 11.0. The zero-order valence-corrected chi connectivity index (χ0v) is 10.3. The molecule has 0 spiro atoms. The lowest BCUT2D eigenvalue weighted by Gasteiger charge is -2.00. The van der Waals surface area contributed by atoms with Crippen molar-refractivity contribution in [3.8, 4) is 5.88 Å². The average Bonchev–Trinajstić information content (AvgIpc) is 2.84. The molecule has 4 nitrogen and oxygen atoms in total. The summed E-state index contributed by atoms with van der Waals surface area (Å²) in [6, 6.07) is 9.61. The maximum Gasteiger partial charge on any atom is 0.349 e. The van der Waals surface area contributed by atoms with E-state index in [-0.39, 0.29) is 11.4 Å². The van der Waals surface area contributed by atoms with E-state index >= 15 is 0 Å². The molecule has 3 rings (SSSR count). The molecule has 2 heterocycles. The predicted molar refractivity (Wildman–Crippen MR) is 69.0 cm³/mol. The Kier molecular flexibility index (Phi) is 2.60. The number of hydrogen-bond donors (Lipinski definition) is 2. The summed E-state index contributed by atoms with van der Waals surface area (Å²) >= 11 is 1.38. The van der Waals surface area contributed by atoms with Crippen LogP contribution in [-0.2, 0) is 6.42 Å². The molecule has 0 aliphatic rings. The lowest BCUT2D eigenvalue weighted by molar-refractivity contribution is -0.521. The Labute approximate surface area is 107 Å². The van der Waals surface area contributed by atoms with Crippen molar-refractivity contribution >= 4 is 16.3 Å². The molecule has 0 aliphatic carbocycles. The van der Waals surface area contributed by atoms with Crippen molar-refractivity contribution in [2.45, 2.75) is 6.42 Å². The first-order chi connectivity index (χ1) is 8.75. The number of aromatic amines is 1. The summed E-state index contributed by atoms with van der Waals surface area (Å²) in [5.74, 6) is 0.0128. The Morgan fingerprint density at radius 3 is 2.83 bits per heavy atom. The van der Waals surface area contributed by atoms with Gasteiger partial charge in [-0.3, -0.25) is 0 Å². The summed E-state index contributed by atoms with van der Waals surface area (Å²) in [5.41, 5.74) is 1.14. The van der Waals surface area contributed by atoms with Crippen LogP contribution < -0.4 is 9.96 Å². The molecule has 3 aromatic rings. The van der Waals surface area contributed by atoms with Gasteiger partial charge in [0.2, 0.25) is 0 Å². The summed E-state index contributed by atoms with van der Waals surface area (Å²) in [7, 11) is 0. The second-order valence-corrected chi connectivity index (χ2v) is 4.89. The number of aromatic nitrogens is 2. The molecular formula is C13H11N2O2S+. The van der Waals surface area contributed by atoms with Crippen LogP contribution in [0.1, 0.15) is 11.1 Å². The van der Waals surface area contributed by atoms with E-state index in [0.29, 0.717) is 16.9 Å². The molecular weight excluding hydrogens is 248 g/mol. The van der Waals surface area contributed by atoms with Gasteiger partial charge in [-0.2, -0.15) is 9.38 Å². The fraction of sp³-hybridized carbons (Fsp3) is 0.0769. The summed E-state index contributed by atoms with van der Waals surface area (Å²) in [6.07, 6.45) is 2.15. The second kappa shape index (κ2) is 4.27. The van der Waals surface area contributed by atoms with Crippen molar-refractivity contribution in [1.82, 2.24) is 4.98 Å². The van der Waals surface area contributed by atoms with E-state index in [1.807, 2.05) is 35.7 Å². The third-order valence-electron chi connectivity index (χ3n) is 2.82. The van der Waals surface area contributed by atoms with Crippen LogP contribution in [0.4, 0.5) is 0 Å². The fourth-order valence-corrected chi connectivity index (χ4v) is 2.64.